The van der Waals surface area contributed by atoms with Gasteiger partial charge in [0.25, 0.3) is 11.8 Å². The molecule has 0 radical (unpaired) electrons. The summed E-state index contributed by atoms with van der Waals surface area (Å²) in [7, 11) is 0. The van der Waals surface area contributed by atoms with Crippen molar-refractivity contribution in [2.75, 3.05) is 0 Å². The highest BCUT2D eigenvalue weighted by Crippen LogP contribution is 2.34. The number of halogens is 3. The molecule has 9 heteroatoms. The number of aliphatic carboxylic acids is 1. The van der Waals surface area contributed by atoms with Crippen molar-refractivity contribution in [2.45, 2.75) is 32.9 Å². The minimum Gasteiger partial charge on any atom is -0.479 e. The first kappa shape index (κ1) is 23.4. The number of benzene rings is 2. The lowest BCUT2D eigenvalue weighted by Crippen LogP contribution is -2.27. The number of ether oxygens (including phenoxy) is 2. The van der Waals surface area contributed by atoms with Gasteiger partial charge in [-0.25, -0.2) is 13.6 Å². The van der Waals surface area contributed by atoms with Gasteiger partial charge < -0.3 is 20.3 Å². The molecule has 3 aromatic rings. The number of nitrogens with two attached hydrogens (primary N) is 1. The van der Waals surface area contributed by atoms with Gasteiger partial charge in [0.05, 0.1) is 0 Å². The lowest BCUT2D eigenvalue weighted by atomic mass is 10.0. The van der Waals surface area contributed by atoms with E-state index >= 15 is 0 Å². The quantitative estimate of drug-likeness (QED) is 0.460. The second-order valence-electron chi connectivity index (χ2n) is 7.01. The molecule has 168 valence electrons. The molecular weight excluding hydrogens is 442 g/mol. The van der Waals surface area contributed by atoms with E-state index in [2.05, 4.69) is 4.98 Å². The van der Waals surface area contributed by atoms with Crippen molar-refractivity contribution < 1.29 is 28.2 Å². The SMILES string of the molecule is CC[C@@H](Oc1nc(Oc2cc(Cl)cc(-c3cccc(CN)c3)c2)c(F)c(C)c1F)C(=O)O. The van der Waals surface area contributed by atoms with Crippen LogP contribution in [0.1, 0.15) is 24.5 Å². The molecule has 0 aliphatic carbocycles. The zero-order valence-corrected chi connectivity index (χ0v) is 18.1. The van der Waals surface area contributed by atoms with Gasteiger partial charge in [-0.15, -0.1) is 0 Å². The lowest BCUT2D eigenvalue weighted by Gasteiger charge is -2.16. The Bertz CT molecular complexity index is 1160. The molecule has 3 N–H and O–H groups in total. The Hall–Kier alpha value is -3.23. The van der Waals surface area contributed by atoms with Crippen LogP contribution in [0.25, 0.3) is 11.1 Å². The number of aromatic nitrogens is 1. The zero-order chi connectivity index (χ0) is 23.4. The van der Waals surface area contributed by atoms with E-state index in [0.29, 0.717) is 17.1 Å². The zero-order valence-electron chi connectivity index (χ0n) is 17.4. The van der Waals surface area contributed by atoms with Gasteiger partial charge in [0.15, 0.2) is 17.7 Å². The first-order valence-electron chi connectivity index (χ1n) is 9.76. The molecule has 0 bridgehead atoms. The van der Waals surface area contributed by atoms with E-state index in [9.17, 15) is 13.6 Å². The van der Waals surface area contributed by atoms with Gasteiger partial charge >= 0.3 is 5.97 Å². The number of rotatable bonds is 8. The molecule has 1 atom stereocenters. The maximum Gasteiger partial charge on any atom is 0.344 e. The normalized spacial score (nSPS) is 11.8. The van der Waals surface area contributed by atoms with Crippen LogP contribution in [0, 0.1) is 18.6 Å². The van der Waals surface area contributed by atoms with E-state index in [1.165, 1.54) is 13.0 Å². The molecule has 2 aromatic carbocycles. The van der Waals surface area contributed by atoms with Crippen LogP contribution in [0.5, 0.6) is 17.5 Å². The first-order chi connectivity index (χ1) is 15.2. The highest BCUT2D eigenvalue weighted by molar-refractivity contribution is 6.31. The summed E-state index contributed by atoms with van der Waals surface area (Å²) in [6, 6.07) is 12.3. The summed E-state index contributed by atoms with van der Waals surface area (Å²) in [6.45, 7) is 3.09. The number of pyridine rings is 1. The van der Waals surface area contributed by atoms with E-state index in [1.54, 1.807) is 19.1 Å². The molecule has 0 saturated carbocycles. The average molecular weight is 463 g/mol. The van der Waals surface area contributed by atoms with Crippen LogP contribution < -0.4 is 15.2 Å². The van der Waals surface area contributed by atoms with Crippen LogP contribution in [0.2, 0.25) is 5.02 Å². The van der Waals surface area contributed by atoms with Crippen molar-refractivity contribution in [1.82, 2.24) is 4.98 Å². The standard InChI is InChI=1S/C23H21ClF2N2O4/c1-3-18(23(29)30)32-22-20(26)12(2)19(25)21(28-22)31-17-9-15(8-16(24)10-17)14-6-4-5-13(7-14)11-27/h4-10,18H,3,11,27H2,1-2H3,(H,29,30)/t18-/m1/s1. The highest BCUT2D eigenvalue weighted by Gasteiger charge is 2.25. The molecule has 0 aliphatic rings. The molecule has 1 heterocycles. The predicted octanol–water partition coefficient (Wildman–Crippen LogP) is 5.48. The van der Waals surface area contributed by atoms with Crippen molar-refractivity contribution in [3.63, 3.8) is 0 Å². The molecule has 3 rings (SSSR count). The van der Waals surface area contributed by atoms with Crippen molar-refractivity contribution in [2.24, 2.45) is 5.73 Å². The summed E-state index contributed by atoms with van der Waals surface area (Å²) in [5.74, 6) is -4.50. The van der Waals surface area contributed by atoms with E-state index in [0.717, 1.165) is 11.1 Å². The van der Waals surface area contributed by atoms with Crippen LogP contribution in [-0.4, -0.2) is 22.2 Å². The average Bonchev–Trinajstić information content (AvgIpc) is 2.78. The topological polar surface area (TPSA) is 94.7 Å². The predicted molar refractivity (Wildman–Crippen MR) is 116 cm³/mol. The summed E-state index contributed by atoms with van der Waals surface area (Å²) in [5, 5.41) is 9.48. The van der Waals surface area contributed by atoms with E-state index in [4.69, 9.17) is 31.9 Å². The molecule has 0 aliphatic heterocycles. The van der Waals surface area contributed by atoms with Gasteiger partial charge in [0.2, 0.25) is 0 Å². The smallest absolute Gasteiger partial charge is 0.344 e. The number of carboxylic acids is 1. The van der Waals surface area contributed by atoms with Crippen molar-refractivity contribution >= 4 is 17.6 Å². The Morgan fingerprint density at radius 3 is 2.53 bits per heavy atom. The fourth-order valence-electron chi connectivity index (χ4n) is 2.97. The molecule has 0 amide bonds. The third-order valence-corrected chi connectivity index (χ3v) is 4.94. The van der Waals surface area contributed by atoms with Gasteiger partial charge in [-0.2, -0.15) is 4.98 Å². The van der Waals surface area contributed by atoms with Crippen LogP contribution in [-0.2, 0) is 11.3 Å². The Balaban J connectivity index is 1.99. The Morgan fingerprint density at radius 1 is 1.16 bits per heavy atom. The molecule has 0 saturated heterocycles. The number of carbonyl (C=O) groups is 1. The molecule has 1 aromatic heterocycles. The van der Waals surface area contributed by atoms with Gasteiger partial charge in [-0.05, 0) is 54.3 Å². The molecular formula is C23H21ClF2N2O4. The second kappa shape index (κ2) is 9.93. The summed E-state index contributed by atoms with van der Waals surface area (Å²) >= 11 is 6.22. The Morgan fingerprint density at radius 2 is 1.88 bits per heavy atom. The number of hydrogen-bond donors (Lipinski definition) is 2. The summed E-state index contributed by atoms with van der Waals surface area (Å²) in [4.78, 5) is 15.0. The lowest BCUT2D eigenvalue weighted by molar-refractivity contribution is -0.145. The van der Waals surface area contributed by atoms with E-state index in [1.807, 2.05) is 24.3 Å². The fraction of sp³-hybridized carbons (Fsp3) is 0.217. The maximum atomic E-state index is 14.7. The number of nitrogens with zero attached hydrogens (tertiary/aromatic N) is 1. The Kier molecular flexibility index (Phi) is 7.27. The largest absolute Gasteiger partial charge is 0.479 e. The van der Waals surface area contributed by atoms with Gasteiger partial charge in [0.1, 0.15) is 5.75 Å². The van der Waals surface area contributed by atoms with Crippen LogP contribution in [0.4, 0.5) is 8.78 Å². The third-order valence-electron chi connectivity index (χ3n) is 4.72. The molecule has 0 fully saturated rings. The van der Waals surface area contributed by atoms with Crippen LogP contribution in [0.15, 0.2) is 42.5 Å². The van der Waals surface area contributed by atoms with Crippen LogP contribution >= 0.6 is 11.6 Å². The Labute approximate surface area is 188 Å². The summed E-state index contributed by atoms with van der Waals surface area (Å²) in [6.07, 6.45) is -1.29. The van der Waals surface area contributed by atoms with Crippen LogP contribution in [0.3, 0.4) is 0 Å². The minimum atomic E-state index is -1.35. The number of hydrogen-bond acceptors (Lipinski definition) is 5. The maximum absolute atomic E-state index is 14.7. The molecule has 0 spiro atoms. The van der Waals surface area contributed by atoms with Crippen molar-refractivity contribution in [3.8, 4) is 28.6 Å². The third kappa shape index (κ3) is 5.15. The minimum absolute atomic E-state index is 0.0581. The second-order valence-corrected chi connectivity index (χ2v) is 7.45. The van der Waals surface area contributed by atoms with Crippen molar-refractivity contribution in [1.29, 1.82) is 0 Å². The summed E-state index contributed by atoms with van der Waals surface area (Å²) < 4.78 is 39.9. The molecule has 6 nitrogen and oxygen atoms in total. The van der Waals surface area contributed by atoms with E-state index < -0.39 is 41.0 Å². The monoisotopic (exact) mass is 462 g/mol. The number of carboxylic acid groups (broad SMARTS) is 1. The van der Waals surface area contributed by atoms with Gasteiger partial charge in [0, 0.05) is 17.1 Å². The van der Waals surface area contributed by atoms with Crippen molar-refractivity contribution in [3.05, 3.63) is 70.2 Å². The first-order valence-corrected chi connectivity index (χ1v) is 10.1. The van der Waals surface area contributed by atoms with E-state index in [-0.39, 0.29) is 12.2 Å². The summed E-state index contributed by atoms with van der Waals surface area (Å²) in [5.41, 5.74) is 7.71. The van der Waals surface area contributed by atoms with Gasteiger partial charge in [-0.1, -0.05) is 36.7 Å². The fourth-order valence-corrected chi connectivity index (χ4v) is 3.20. The molecule has 0 unspecified atom stereocenters. The highest BCUT2D eigenvalue weighted by atomic mass is 35.5. The molecule has 32 heavy (non-hydrogen) atoms. The van der Waals surface area contributed by atoms with Gasteiger partial charge in [-0.3, -0.25) is 0 Å².